The molecule has 1 amide bonds. The summed E-state index contributed by atoms with van der Waals surface area (Å²) in [5.41, 5.74) is 3.01. The van der Waals surface area contributed by atoms with Crippen LogP contribution in [0.5, 0.6) is 0 Å². The Hall–Kier alpha value is -3.18. The van der Waals surface area contributed by atoms with Gasteiger partial charge in [0.25, 0.3) is 0 Å². The third kappa shape index (κ3) is 4.53. The van der Waals surface area contributed by atoms with Crippen LogP contribution in [-0.4, -0.2) is 28.7 Å². The van der Waals surface area contributed by atoms with Crippen LogP contribution < -0.4 is 0 Å². The number of rotatable bonds is 6. The predicted octanol–water partition coefficient (Wildman–Crippen LogP) is 6.06. The molecule has 3 aromatic rings. The van der Waals surface area contributed by atoms with E-state index in [4.69, 9.17) is 4.74 Å². The fraction of sp³-hybridized carbons (Fsp3) is 0.296. The monoisotopic (exact) mass is 433 g/mol. The second-order valence-electron chi connectivity index (χ2n) is 8.53. The summed E-state index contributed by atoms with van der Waals surface area (Å²) < 4.78 is 19.2. The van der Waals surface area contributed by atoms with Crippen LogP contribution in [0.2, 0.25) is 0 Å². The van der Waals surface area contributed by atoms with Crippen molar-refractivity contribution in [1.29, 1.82) is 0 Å². The molecule has 1 unspecified atom stereocenters. The number of aliphatic hydroxyl groups excluding tert-OH is 1. The van der Waals surface area contributed by atoms with Crippen LogP contribution >= 0.6 is 0 Å². The number of benzene rings is 3. The van der Waals surface area contributed by atoms with E-state index in [0.717, 1.165) is 22.3 Å². The summed E-state index contributed by atoms with van der Waals surface area (Å²) in [6.07, 6.45) is -0.00920. The summed E-state index contributed by atoms with van der Waals surface area (Å²) >= 11 is 0. The van der Waals surface area contributed by atoms with Gasteiger partial charge in [0.15, 0.2) is 0 Å². The van der Waals surface area contributed by atoms with Crippen LogP contribution in [0, 0.1) is 5.82 Å². The average Bonchev–Trinajstić information content (AvgIpc) is 2.79. The molecule has 0 aliphatic carbocycles. The lowest BCUT2D eigenvalue weighted by atomic mass is 9.84. The molecule has 0 bridgehead atoms. The van der Waals surface area contributed by atoms with Crippen LogP contribution in [0.4, 0.5) is 9.18 Å². The molecule has 0 spiro atoms. The maximum absolute atomic E-state index is 13.2. The zero-order valence-corrected chi connectivity index (χ0v) is 18.4. The fourth-order valence-electron chi connectivity index (χ4n) is 4.48. The Morgan fingerprint density at radius 3 is 2.12 bits per heavy atom. The maximum Gasteiger partial charge on any atom is 0.411 e. The van der Waals surface area contributed by atoms with Gasteiger partial charge < -0.3 is 14.7 Å². The fourth-order valence-corrected chi connectivity index (χ4v) is 4.48. The second kappa shape index (κ2) is 9.13. The highest BCUT2D eigenvalue weighted by Crippen LogP contribution is 2.40. The van der Waals surface area contributed by atoms with Gasteiger partial charge in [-0.15, -0.1) is 0 Å². The van der Waals surface area contributed by atoms with Crippen molar-refractivity contribution >= 4 is 6.09 Å². The summed E-state index contributed by atoms with van der Waals surface area (Å²) in [5, 5.41) is 10.1. The number of hydrogen-bond donors (Lipinski definition) is 1. The molecule has 1 N–H and O–H groups in total. The van der Waals surface area contributed by atoms with Gasteiger partial charge in [0.1, 0.15) is 11.4 Å². The molecule has 32 heavy (non-hydrogen) atoms. The minimum atomic E-state index is -0.824. The maximum atomic E-state index is 13.2. The van der Waals surface area contributed by atoms with Gasteiger partial charge in [0.2, 0.25) is 0 Å². The van der Waals surface area contributed by atoms with Crippen molar-refractivity contribution in [3.63, 3.8) is 0 Å². The van der Waals surface area contributed by atoms with Crippen LogP contribution in [0.1, 0.15) is 43.9 Å². The number of hydrogen-bond acceptors (Lipinski definition) is 3. The Balaban J connectivity index is 1.51. The first-order chi connectivity index (χ1) is 15.4. The molecule has 1 fully saturated rings. The Bertz CT molecular complexity index is 1050. The van der Waals surface area contributed by atoms with E-state index in [0.29, 0.717) is 19.4 Å². The van der Waals surface area contributed by atoms with Crippen molar-refractivity contribution in [1.82, 2.24) is 4.90 Å². The van der Waals surface area contributed by atoms with Gasteiger partial charge in [0.05, 0.1) is 12.1 Å². The number of halogens is 1. The Labute approximate surface area is 188 Å². The summed E-state index contributed by atoms with van der Waals surface area (Å²) in [6, 6.07) is 23.8. The van der Waals surface area contributed by atoms with Crippen molar-refractivity contribution in [2.24, 2.45) is 0 Å². The highest BCUT2D eigenvalue weighted by Gasteiger charge is 2.44. The van der Waals surface area contributed by atoms with Gasteiger partial charge in [-0.1, -0.05) is 66.7 Å². The van der Waals surface area contributed by atoms with Gasteiger partial charge in [-0.2, -0.15) is 0 Å². The van der Waals surface area contributed by atoms with Gasteiger partial charge in [-0.3, -0.25) is 0 Å². The number of carbonyl (C=O) groups excluding carboxylic acids is 1. The predicted molar refractivity (Wildman–Crippen MR) is 122 cm³/mol. The smallest absolute Gasteiger partial charge is 0.411 e. The standard InChI is InChI=1S/C27H28FNO3/c1-19(30)18-27(24-6-4-3-5-7-24)16-17-29(26(31)32-27)20(2)21-8-10-22(11-9-21)23-12-14-25(28)15-13-23/h3-15,19-20,30H,16-18H2,1-2H3/t19-,20?,27-/m0/s1. The molecule has 166 valence electrons. The molecule has 0 radical (unpaired) electrons. The summed E-state index contributed by atoms with van der Waals surface area (Å²) in [7, 11) is 0. The number of aliphatic hydroxyl groups is 1. The van der Waals surface area contributed by atoms with Crippen molar-refractivity contribution in [3.05, 3.63) is 95.8 Å². The Morgan fingerprint density at radius 1 is 0.969 bits per heavy atom. The molecule has 0 saturated carbocycles. The van der Waals surface area contributed by atoms with E-state index in [1.807, 2.05) is 61.5 Å². The lowest BCUT2D eigenvalue weighted by Gasteiger charge is -2.44. The quantitative estimate of drug-likeness (QED) is 0.514. The lowest BCUT2D eigenvalue weighted by molar-refractivity contribution is -0.0815. The number of carbonyl (C=O) groups is 1. The average molecular weight is 434 g/mol. The van der Waals surface area contributed by atoms with Gasteiger partial charge in [0, 0.05) is 19.4 Å². The molecule has 1 aliphatic heterocycles. The topological polar surface area (TPSA) is 49.8 Å². The van der Waals surface area contributed by atoms with E-state index in [9.17, 15) is 14.3 Å². The normalized spacial score (nSPS) is 20.5. The van der Waals surface area contributed by atoms with Gasteiger partial charge >= 0.3 is 6.09 Å². The van der Waals surface area contributed by atoms with E-state index >= 15 is 0 Å². The third-order valence-corrected chi connectivity index (χ3v) is 6.24. The minimum absolute atomic E-state index is 0.162. The van der Waals surface area contributed by atoms with Crippen LogP contribution in [0.25, 0.3) is 11.1 Å². The minimum Gasteiger partial charge on any atom is -0.438 e. The van der Waals surface area contributed by atoms with Crippen LogP contribution in [0.15, 0.2) is 78.9 Å². The summed E-state index contributed by atoms with van der Waals surface area (Å²) in [4.78, 5) is 14.8. The van der Waals surface area contributed by atoms with Crippen molar-refractivity contribution in [3.8, 4) is 11.1 Å². The molecular formula is C27H28FNO3. The molecule has 4 rings (SSSR count). The van der Waals surface area contributed by atoms with Gasteiger partial charge in [-0.25, -0.2) is 9.18 Å². The van der Waals surface area contributed by atoms with Crippen molar-refractivity contribution < 1.29 is 19.0 Å². The zero-order valence-electron chi connectivity index (χ0n) is 18.4. The van der Waals surface area contributed by atoms with E-state index < -0.39 is 11.7 Å². The first-order valence-corrected chi connectivity index (χ1v) is 11.0. The molecule has 5 heteroatoms. The van der Waals surface area contributed by atoms with E-state index in [2.05, 4.69) is 0 Å². The highest BCUT2D eigenvalue weighted by atomic mass is 19.1. The van der Waals surface area contributed by atoms with E-state index in [1.165, 1.54) is 12.1 Å². The van der Waals surface area contributed by atoms with E-state index in [1.54, 1.807) is 24.0 Å². The number of amides is 1. The molecule has 1 heterocycles. The third-order valence-electron chi connectivity index (χ3n) is 6.24. The van der Waals surface area contributed by atoms with Gasteiger partial charge in [-0.05, 0) is 48.2 Å². The lowest BCUT2D eigenvalue weighted by Crippen LogP contribution is -2.49. The largest absolute Gasteiger partial charge is 0.438 e. The number of ether oxygens (including phenoxy) is 1. The molecule has 1 aliphatic rings. The first kappa shape index (κ1) is 22.0. The SMILES string of the molecule is CC(c1ccc(-c2ccc(F)cc2)cc1)N1CC[C@](C[C@H](C)O)(c2ccccc2)OC1=O. The molecule has 4 nitrogen and oxygen atoms in total. The first-order valence-electron chi connectivity index (χ1n) is 11.0. The second-order valence-corrected chi connectivity index (χ2v) is 8.53. The number of nitrogens with zero attached hydrogens (tertiary/aromatic N) is 1. The van der Waals surface area contributed by atoms with Crippen LogP contribution in [-0.2, 0) is 10.3 Å². The Kier molecular flexibility index (Phi) is 6.28. The number of cyclic esters (lactones) is 1. The van der Waals surface area contributed by atoms with Crippen molar-refractivity contribution in [2.45, 2.75) is 44.4 Å². The molecule has 0 aromatic heterocycles. The van der Waals surface area contributed by atoms with Crippen molar-refractivity contribution in [2.75, 3.05) is 6.54 Å². The summed E-state index contributed by atoms with van der Waals surface area (Å²) in [6.45, 7) is 4.23. The molecular weight excluding hydrogens is 405 g/mol. The zero-order chi connectivity index (χ0) is 22.7. The van der Waals surface area contributed by atoms with Crippen LogP contribution in [0.3, 0.4) is 0 Å². The molecule has 3 atom stereocenters. The highest BCUT2D eigenvalue weighted by molar-refractivity contribution is 5.70. The summed E-state index contributed by atoms with van der Waals surface area (Å²) in [5.74, 6) is -0.259. The molecule has 1 saturated heterocycles. The molecule has 3 aromatic carbocycles. The van der Waals surface area contributed by atoms with E-state index in [-0.39, 0.29) is 18.0 Å². The Morgan fingerprint density at radius 2 is 1.56 bits per heavy atom.